The van der Waals surface area contributed by atoms with Gasteiger partial charge < -0.3 is 5.32 Å². The minimum Gasteiger partial charge on any atom is -0.314 e. The summed E-state index contributed by atoms with van der Waals surface area (Å²) in [5, 5.41) is 3.16. The van der Waals surface area contributed by atoms with E-state index in [0.717, 1.165) is 0 Å². The van der Waals surface area contributed by atoms with Crippen LogP contribution in [-0.4, -0.2) is 13.1 Å². The van der Waals surface area contributed by atoms with E-state index in [-0.39, 0.29) is 0 Å². The summed E-state index contributed by atoms with van der Waals surface area (Å²) in [6, 6.07) is 8.96. The summed E-state index contributed by atoms with van der Waals surface area (Å²) in [6.07, 6.45) is 4.30. The van der Waals surface area contributed by atoms with Crippen molar-refractivity contribution in [3.8, 4) is 0 Å². The van der Waals surface area contributed by atoms with Crippen LogP contribution >= 0.6 is 0 Å². The van der Waals surface area contributed by atoms with E-state index in [4.69, 9.17) is 0 Å². The van der Waals surface area contributed by atoms with E-state index < -0.39 is 0 Å². The van der Waals surface area contributed by atoms with Gasteiger partial charge in [0.05, 0.1) is 0 Å². The van der Waals surface area contributed by atoms with Gasteiger partial charge in [-0.3, -0.25) is 0 Å². The SMILES string of the molecule is CN[C@@H](C)/C=C/c1ccc(C)cc1. The molecule has 1 aromatic carbocycles. The zero-order valence-electron chi connectivity index (χ0n) is 8.54. The summed E-state index contributed by atoms with van der Waals surface area (Å²) in [6.45, 7) is 4.23. The van der Waals surface area contributed by atoms with Crippen LogP contribution in [-0.2, 0) is 0 Å². The van der Waals surface area contributed by atoms with Crippen LogP contribution in [0.2, 0.25) is 0 Å². The van der Waals surface area contributed by atoms with Gasteiger partial charge in [-0.2, -0.15) is 0 Å². The lowest BCUT2D eigenvalue weighted by Gasteiger charge is -2.02. The Kier molecular flexibility index (Phi) is 3.71. The lowest BCUT2D eigenvalue weighted by Crippen LogP contribution is -2.17. The highest BCUT2D eigenvalue weighted by Crippen LogP contribution is 2.05. The molecule has 0 heterocycles. The first-order chi connectivity index (χ1) is 6.22. The van der Waals surface area contributed by atoms with Gasteiger partial charge in [-0.1, -0.05) is 42.0 Å². The van der Waals surface area contributed by atoms with Gasteiger partial charge in [0.1, 0.15) is 0 Å². The second-order valence-corrected chi connectivity index (χ2v) is 3.35. The topological polar surface area (TPSA) is 12.0 Å². The molecule has 0 aliphatic heterocycles. The third-order valence-electron chi connectivity index (χ3n) is 2.11. The minimum absolute atomic E-state index is 0.432. The Labute approximate surface area is 80.5 Å². The van der Waals surface area contributed by atoms with Crippen molar-refractivity contribution >= 4 is 6.08 Å². The van der Waals surface area contributed by atoms with Gasteiger partial charge in [0.2, 0.25) is 0 Å². The maximum atomic E-state index is 3.16. The van der Waals surface area contributed by atoms with Gasteiger partial charge >= 0.3 is 0 Å². The summed E-state index contributed by atoms with van der Waals surface area (Å²) in [7, 11) is 1.96. The molecule has 1 nitrogen and oxygen atoms in total. The Morgan fingerprint density at radius 3 is 2.38 bits per heavy atom. The number of hydrogen-bond donors (Lipinski definition) is 1. The smallest absolute Gasteiger partial charge is 0.0221 e. The van der Waals surface area contributed by atoms with Gasteiger partial charge in [-0.15, -0.1) is 0 Å². The van der Waals surface area contributed by atoms with Crippen molar-refractivity contribution in [3.05, 3.63) is 41.5 Å². The molecule has 0 bridgehead atoms. The van der Waals surface area contributed by atoms with Crippen molar-refractivity contribution in [1.82, 2.24) is 5.32 Å². The van der Waals surface area contributed by atoms with Crippen LogP contribution in [0.5, 0.6) is 0 Å². The fraction of sp³-hybridized carbons (Fsp3) is 0.333. The monoisotopic (exact) mass is 175 g/mol. The van der Waals surface area contributed by atoms with E-state index >= 15 is 0 Å². The summed E-state index contributed by atoms with van der Waals surface area (Å²) >= 11 is 0. The molecule has 0 unspecified atom stereocenters. The van der Waals surface area contributed by atoms with Crippen LogP contribution in [0.3, 0.4) is 0 Å². The predicted molar refractivity (Wildman–Crippen MR) is 58.7 cm³/mol. The molecule has 0 amide bonds. The van der Waals surface area contributed by atoms with Crippen LogP contribution in [0.15, 0.2) is 30.3 Å². The number of nitrogens with one attached hydrogen (secondary N) is 1. The molecule has 1 rings (SSSR count). The van der Waals surface area contributed by atoms with Crippen molar-refractivity contribution in [2.45, 2.75) is 19.9 Å². The molecule has 0 aliphatic carbocycles. The van der Waals surface area contributed by atoms with Crippen LogP contribution in [0.1, 0.15) is 18.1 Å². The predicted octanol–water partition coefficient (Wildman–Crippen LogP) is 2.62. The number of aryl methyl sites for hydroxylation is 1. The maximum absolute atomic E-state index is 3.16. The zero-order valence-corrected chi connectivity index (χ0v) is 8.54. The molecule has 0 saturated heterocycles. The van der Waals surface area contributed by atoms with E-state index in [1.54, 1.807) is 0 Å². The first-order valence-electron chi connectivity index (χ1n) is 4.64. The summed E-state index contributed by atoms with van der Waals surface area (Å²) in [5.41, 5.74) is 2.56. The molecule has 1 heteroatoms. The average Bonchev–Trinajstić information content (AvgIpc) is 2.16. The quantitative estimate of drug-likeness (QED) is 0.744. The third-order valence-corrected chi connectivity index (χ3v) is 2.11. The molecule has 0 spiro atoms. The van der Waals surface area contributed by atoms with E-state index in [1.807, 2.05) is 7.05 Å². The standard InChI is InChI=1S/C12H17N/c1-10-4-7-12(8-5-10)9-6-11(2)13-3/h4-9,11,13H,1-3H3/b9-6+/t11-/m0/s1. The minimum atomic E-state index is 0.432. The summed E-state index contributed by atoms with van der Waals surface area (Å²) < 4.78 is 0. The number of hydrogen-bond acceptors (Lipinski definition) is 1. The molecule has 0 aromatic heterocycles. The van der Waals surface area contributed by atoms with Crippen molar-refractivity contribution in [1.29, 1.82) is 0 Å². The molecule has 0 radical (unpaired) electrons. The van der Waals surface area contributed by atoms with E-state index in [2.05, 4.69) is 55.6 Å². The molecule has 1 N–H and O–H groups in total. The molecule has 70 valence electrons. The zero-order chi connectivity index (χ0) is 9.68. The third kappa shape index (κ3) is 3.43. The largest absolute Gasteiger partial charge is 0.314 e. The Bertz CT molecular complexity index is 272. The lowest BCUT2D eigenvalue weighted by atomic mass is 10.1. The van der Waals surface area contributed by atoms with Crippen LogP contribution < -0.4 is 5.32 Å². The fourth-order valence-corrected chi connectivity index (χ4v) is 1.03. The van der Waals surface area contributed by atoms with E-state index in [1.165, 1.54) is 11.1 Å². The highest BCUT2D eigenvalue weighted by Gasteiger charge is 1.90. The first kappa shape index (κ1) is 10.0. The van der Waals surface area contributed by atoms with Crippen molar-refractivity contribution in [2.75, 3.05) is 7.05 Å². The van der Waals surface area contributed by atoms with Gasteiger partial charge in [0, 0.05) is 6.04 Å². The Morgan fingerprint density at radius 1 is 1.23 bits per heavy atom. The van der Waals surface area contributed by atoms with Gasteiger partial charge in [-0.05, 0) is 26.5 Å². The molecular weight excluding hydrogens is 158 g/mol. The summed E-state index contributed by atoms with van der Waals surface area (Å²) in [5.74, 6) is 0. The van der Waals surface area contributed by atoms with Crippen LogP contribution in [0, 0.1) is 6.92 Å². The van der Waals surface area contributed by atoms with Crippen molar-refractivity contribution in [2.24, 2.45) is 0 Å². The molecule has 1 aromatic rings. The first-order valence-corrected chi connectivity index (χ1v) is 4.64. The number of likely N-dealkylation sites (N-methyl/N-ethyl adjacent to an activating group) is 1. The van der Waals surface area contributed by atoms with Crippen LogP contribution in [0.4, 0.5) is 0 Å². The Balaban J connectivity index is 2.64. The van der Waals surface area contributed by atoms with Crippen molar-refractivity contribution in [3.63, 3.8) is 0 Å². The van der Waals surface area contributed by atoms with E-state index in [9.17, 15) is 0 Å². The van der Waals surface area contributed by atoms with E-state index in [0.29, 0.717) is 6.04 Å². The lowest BCUT2D eigenvalue weighted by molar-refractivity contribution is 0.731. The molecule has 0 saturated carbocycles. The maximum Gasteiger partial charge on any atom is 0.0221 e. The molecular formula is C12H17N. The second kappa shape index (κ2) is 4.83. The Hall–Kier alpha value is -1.08. The number of benzene rings is 1. The van der Waals surface area contributed by atoms with Crippen molar-refractivity contribution < 1.29 is 0 Å². The highest BCUT2D eigenvalue weighted by molar-refractivity contribution is 5.50. The Morgan fingerprint density at radius 2 is 1.85 bits per heavy atom. The summed E-state index contributed by atoms with van der Waals surface area (Å²) in [4.78, 5) is 0. The van der Waals surface area contributed by atoms with Gasteiger partial charge in [0.15, 0.2) is 0 Å². The number of rotatable bonds is 3. The highest BCUT2D eigenvalue weighted by atomic mass is 14.8. The van der Waals surface area contributed by atoms with Gasteiger partial charge in [-0.25, -0.2) is 0 Å². The second-order valence-electron chi connectivity index (χ2n) is 3.35. The molecule has 0 fully saturated rings. The average molecular weight is 175 g/mol. The van der Waals surface area contributed by atoms with Gasteiger partial charge in [0.25, 0.3) is 0 Å². The fourth-order valence-electron chi connectivity index (χ4n) is 1.03. The normalized spacial score (nSPS) is 13.5. The molecule has 1 atom stereocenters. The van der Waals surface area contributed by atoms with Crippen LogP contribution in [0.25, 0.3) is 6.08 Å². The molecule has 0 aliphatic rings. The molecule has 13 heavy (non-hydrogen) atoms.